The molecule has 0 unspecified atom stereocenters. The lowest BCUT2D eigenvalue weighted by atomic mass is 10.0. The molecule has 0 aliphatic carbocycles. The SMILES string of the molecule is Cc1ccc(C(C)C)cc1OC(=O)c1cc([N+](=O)[O-])cc([N+](=O)[O-])c1. The molecule has 0 saturated heterocycles. The highest BCUT2D eigenvalue weighted by Crippen LogP contribution is 2.27. The molecule has 8 heteroatoms. The summed E-state index contributed by atoms with van der Waals surface area (Å²) in [5.41, 5.74) is 0.314. The Kier molecular flexibility index (Phi) is 5.11. The van der Waals surface area contributed by atoms with Gasteiger partial charge in [0.05, 0.1) is 21.5 Å². The fraction of sp³-hybridized carbons (Fsp3) is 0.235. The summed E-state index contributed by atoms with van der Waals surface area (Å²) in [6, 6.07) is 8.13. The van der Waals surface area contributed by atoms with Crippen LogP contribution < -0.4 is 4.74 Å². The third kappa shape index (κ3) is 4.17. The molecular formula is C17H16N2O6. The Hall–Kier alpha value is -3.29. The van der Waals surface area contributed by atoms with Gasteiger partial charge in [-0.3, -0.25) is 20.2 Å². The van der Waals surface area contributed by atoms with Crippen molar-refractivity contribution in [3.8, 4) is 5.75 Å². The average Bonchev–Trinajstić information content (AvgIpc) is 2.55. The van der Waals surface area contributed by atoms with E-state index in [1.165, 1.54) is 0 Å². The highest BCUT2D eigenvalue weighted by molar-refractivity contribution is 5.92. The minimum Gasteiger partial charge on any atom is -0.423 e. The van der Waals surface area contributed by atoms with Crippen LogP contribution in [0.1, 0.15) is 41.3 Å². The van der Waals surface area contributed by atoms with Crippen molar-refractivity contribution in [1.29, 1.82) is 0 Å². The quantitative estimate of drug-likeness (QED) is 0.348. The molecule has 8 nitrogen and oxygen atoms in total. The summed E-state index contributed by atoms with van der Waals surface area (Å²) < 4.78 is 5.31. The number of hydrogen-bond donors (Lipinski definition) is 0. The predicted molar refractivity (Wildman–Crippen MR) is 90.0 cm³/mol. The Morgan fingerprint density at radius 3 is 2.04 bits per heavy atom. The minimum absolute atomic E-state index is 0.219. The second-order valence-electron chi connectivity index (χ2n) is 5.82. The van der Waals surface area contributed by atoms with E-state index in [-0.39, 0.29) is 11.5 Å². The van der Waals surface area contributed by atoms with Gasteiger partial charge >= 0.3 is 5.97 Å². The van der Waals surface area contributed by atoms with E-state index in [1.54, 1.807) is 19.1 Å². The number of ether oxygens (including phenoxy) is 1. The van der Waals surface area contributed by atoms with Gasteiger partial charge in [0.25, 0.3) is 11.4 Å². The lowest BCUT2D eigenvalue weighted by Crippen LogP contribution is -2.11. The molecule has 0 N–H and O–H groups in total. The Balaban J connectivity index is 2.40. The van der Waals surface area contributed by atoms with Crippen molar-refractivity contribution in [2.75, 3.05) is 0 Å². The van der Waals surface area contributed by atoms with Crippen LogP contribution in [0.15, 0.2) is 36.4 Å². The van der Waals surface area contributed by atoms with Gasteiger partial charge in [0, 0.05) is 12.1 Å². The Morgan fingerprint density at radius 2 is 1.56 bits per heavy atom. The highest BCUT2D eigenvalue weighted by atomic mass is 16.6. The standard InChI is InChI=1S/C17H16N2O6/c1-10(2)12-5-4-11(3)16(8-12)25-17(20)13-6-14(18(21)22)9-15(7-13)19(23)24/h4-10H,1-3H3. The number of nitrogens with zero attached hydrogens (tertiary/aromatic N) is 2. The van der Waals surface area contributed by atoms with Crippen LogP contribution in [0.25, 0.3) is 0 Å². The van der Waals surface area contributed by atoms with Crippen molar-refractivity contribution in [2.24, 2.45) is 0 Å². The van der Waals surface area contributed by atoms with E-state index in [1.807, 2.05) is 19.9 Å². The van der Waals surface area contributed by atoms with Gasteiger partial charge in [-0.1, -0.05) is 26.0 Å². The highest BCUT2D eigenvalue weighted by Gasteiger charge is 2.21. The predicted octanol–water partition coefficient (Wildman–Crippen LogP) is 4.15. The van der Waals surface area contributed by atoms with E-state index in [2.05, 4.69) is 0 Å². The normalized spacial score (nSPS) is 10.6. The first-order valence-corrected chi connectivity index (χ1v) is 7.45. The molecule has 2 rings (SSSR count). The maximum absolute atomic E-state index is 12.3. The van der Waals surface area contributed by atoms with Crippen LogP contribution in [-0.2, 0) is 0 Å². The van der Waals surface area contributed by atoms with Gasteiger partial charge in [0.15, 0.2) is 0 Å². The Morgan fingerprint density at radius 1 is 1.00 bits per heavy atom. The molecule has 2 aromatic carbocycles. The zero-order chi connectivity index (χ0) is 18.7. The fourth-order valence-electron chi connectivity index (χ4n) is 2.17. The number of aryl methyl sites for hydroxylation is 1. The van der Waals surface area contributed by atoms with Crippen LogP contribution in [0, 0.1) is 27.2 Å². The number of rotatable bonds is 5. The van der Waals surface area contributed by atoms with Crippen molar-refractivity contribution in [3.63, 3.8) is 0 Å². The number of carbonyl (C=O) groups is 1. The summed E-state index contributed by atoms with van der Waals surface area (Å²) >= 11 is 0. The number of nitro benzene ring substituents is 2. The second-order valence-corrected chi connectivity index (χ2v) is 5.82. The third-order valence-electron chi connectivity index (χ3n) is 3.64. The lowest BCUT2D eigenvalue weighted by Gasteiger charge is -2.11. The minimum atomic E-state index is -0.893. The number of nitro groups is 2. The molecule has 25 heavy (non-hydrogen) atoms. The summed E-state index contributed by atoms with van der Waals surface area (Å²) in [5.74, 6) is -0.363. The van der Waals surface area contributed by atoms with Gasteiger partial charge in [-0.15, -0.1) is 0 Å². The lowest BCUT2D eigenvalue weighted by molar-refractivity contribution is -0.394. The third-order valence-corrected chi connectivity index (χ3v) is 3.64. The molecule has 130 valence electrons. The Bertz CT molecular complexity index is 828. The van der Waals surface area contributed by atoms with Gasteiger partial charge in [-0.25, -0.2) is 4.79 Å². The van der Waals surface area contributed by atoms with Crippen LogP contribution in [0.4, 0.5) is 11.4 Å². The van der Waals surface area contributed by atoms with Crippen molar-refractivity contribution in [2.45, 2.75) is 26.7 Å². The summed E-state index contributed by atoms with van der Waals surface area (Å²) in [5, 5.41) is 21.8. The maximum atomic E-state index is 12.3. The van der Waals surface area contributed by atoms with E-state index in [0.717, 1.165) is 23.8 Å². The fourth-order valence-corrected chi connectivity index (χ4v) is 2.17. The number of non-ortho nitro benzene ring substituents is 2. The number of carbonyl (C=O) groups excluding carboxylic acids is 1. The molecule has 0 aromatic heterocycles. The van der Waals surface area contributed by atoms with E-state index in [0.29, 0.717) is 11.3 Å². The first kappa shape index (κ1) is 18.1. The van der Waals surface area contributed by atoms with E-state index in [9.17, 15) is 25.0 Å². The zero-order valence-corrected chi connectivity index (χ0v) is 13.9. The van der Waals surface area contributed by atoms with E-state index >= 15 is 0 Å². The number of esters is 1. The molecule has 0 saturated carbocycles. The van der Waals surface area contributed by atoms with Gasteiger partial charge in [0.2, 0.25) is 0 Å². The molecule has 0 heterocycles. The van der Waals surface area contributed by atoms with Gasteiger partial charge in [-0.05, 0) is 30.0 Å². The van der Waals surface area contributed by atoms with Crippen molar-refractivity contribution in [3.05, 3.63) is 73.3 Å². The first-order chi connectivity index (χ1) is 11.7. The summed E-state index contributed by atoms with van der Waals surface area (Å²) in [6.45, 7) is 5.73. The summed E-state index contributed by atoms with van der Waals surface area (Å²) in [6.07, 6.45) is 0. The summed E-state index contributed by atoms with van der Waals surface area (Å²) in [4.78, 5) is 32.6. The van der Waals surface area contributed by atoms with Gasteiger partial charge < -0.3 is 4.74 Å². The smallest absolute Gasteiger partial charge is 0.344 e. The van der Waals surface area contributed by atoms with Crippen molar-refractivity contribution in [1.82, 2.24) is 0 Å². The van der Waals surface area contributed by atoms with Gasteiger partial charge in [-0.2, -0.15) is 0 Å². The van der Waals surface area contributed by atoms with E-state index in [4.69, 9.17) is 4.74 Å². The van der Waals surface area contributed by atoms with Crippen LogP contribution in [-0.4, -0.2) is 15.8 Å². The monoisotopic (exact) mass is 344 g/mol. The molecule has 0 amide bonds. The van der Waals surface area contributed by atoms with Crippen molar-refractivity contribution < 1.29 is 19.4 Å². The van der Waals surface area contributed by atoms with Gasteiger partial charge in [0.1, 0.15) is 5.75 Å². The largest absolute Gasteiger partial charge is 0.423 e. The molecule has 0 bridgehead atoms. The molecule has 2 aromatic rings. The zero-order valence-electron chi connectivity index (χ0n) is 13.9. The molecule has 0 spiro atoms. The van der Waals surface area contributed by atoms with E-state index < -0.39 is 27.2 Å². The summed E-state index contributed by atoms with van der Waals surface area (Å²) in [7, 11) is 0. The van der Waals surface area contributed by atoms with Crippen LogP contribution >= 0.6 is 0 Å². The topological polar surface area (TPSA) is 113 Å². The number of benzene rings is 2. The molecule has 0 radical (unpaired) electrons. The molecule has 0 aliphatic heterocycles. The first-order valence-electron chi connectivity index (χ1n) is 7.45. The molecule has 0 fully saturated rings. The van der Waals surface area contributed by atoms with Crippen molar-refractivity contribution >= 4 is 17.3 Å². The molecule has 0 aliphatic rings. The Labute approximate surface area is 143 Å². The van der Waals surface area contributed by atoms with Crippen LogP contribution in [0.5, 0.6) is 5.75 Å². The number of hydrogen-bond acceptors (Lipinski definition) is 6. The molecule has 0 atom stereocenters. The maximum Gasteiger partial charge on any atom is 0.344 e. The molecular weight excluding hydrogens is 328 g/mol. The average molecular weight is 344 g/mol. The van der Waals surface area contributed by atoms with Crippen LogP contribution in [0.2, 0.25) is 0 Å². The van der Waals surface area contributed by atoms with Crippen LogP contribution in [0.3, 0.4) is 0 Å². The second kappa shape index (κ2) is 7.08.